The molecule has 5 heteroatoms. The smallest absolute Gasteiger partial charge is 0.218 e. The predicted octanol–water partition coefficient (Wildman–Crippen LogP) is 3.97. The number of rotatable bonds is 8. The van der Waals surface area contributed by atoms with E-state index < -0.39 is 0 Å². The normalized spacial score (nSPS) is 10.5. The Balaban J connectivity index is 2.02. The number of nitrogens with one attached hydrogen (secondary N) is 1. The topological polar surface area (TPSA) is 47.0 Å². The Bertz CT molecular complexity index is 587. The van der Waals surface area contributed by atoms with Crippen molar-refractivity contribution in [2.75, 3.05) is 11.9 Å². The fourth-order valence-electron chi connectivity index (χ4n) is 1.91. The summed E-state index contributed by atoms with van der Waals surface area (Å²) in [6, 6.07) is 8.21. The average molecular weight is 303 g/mol. The van der Waals surface area contributed by atoms with Gasteiger partial charge in [0, 0.05) is 19.0 Å². The molecule has 0 radical (unpaired) electrons. The zero-order valence-corrected chi connectivity index (χ0v) is 13.1. The first-order chi connectivity index (χ1) is 10.7. The predicted molar refractivity (Wildman–Crippen MR) is 85.5 cm³/mol. The van der Waals surface area contributed by atoms with Crippen LogP contribution in [0, 0.1) is 5.82 Å². The second-order valence-corrected chi connectivity index (χ2v) is 5.04. The molecule has 1 aromatic carbocycles. The molecule has 0 aliphatic rings. The molecular formula is C17H22FN3O. The lowest BCUT2D eigenvalue weighted by Gasteiger charge is -2.10. The molecule has 0 unspecified atom stereocenters. The van der Waals surface area contributed by atoms with Crippen LogP contribution in [0.5, 0.6) is 5.88 Å². The van der Waals surface area contributed by atoms with Crippen molar-refractivity contribution in [2.45, 2.75) is 39.7 Å². The fourth-order valence-corrected chi connectivity index (χ4v) is 1.91. The number of ether oxygens (including phenoxy) is 1. The third kappa shape index (κ3) is 4.98. The van der Waals surface area contributed by atoms with Crippen LogP contribution in [0.25, 0.3) is 0 Å². The first kappa shape index (κ1) is 16.2. The van der Waals surface area contributed by atoms with Crippen molar-refractivity contribution in [3.8, 4) is 5.88 Å². The minimum Gasteiger partial charge on any atom is -0.478 e. The maximum atomic E-state index is 12.9. The lowest BCUT2D eigenvalue weighted by Crippen LogP contribution is -2.07. The molecule has 0 spiro atoms. The van der Waals surface area contributed by atoms with E-state index >= 15 is 0 Å². The number of halogens is 1. The highest BCUT2D eigenvalue weighted by molar-refractivity contribution is 5.39. The Kier molecular flexibility index (Phi) is 6.13. The molecule has 1 heterocycles. The van der Waals surface area contributed by atoms with Crippen molar-refractivity contribution < 1.29 is 9.13 Å². The van der Waals surface area contributed by atoms with E-state index in [4.69, 9.17) is 4.74 Å². The summed E-state index contributed by atoms with van der Waals surface area (Å²) in [5.74, 6) is 1.84. The molecule has 118 valence electrons. The molecule has 1 aromatic heterocycles. The number of unbranched alkanes of at least 4 members (excludes halogenated alkanes) is 1. The first-order valence-corrected chi connectivity index (χ1v) is 7.70. The molecule has 22 heavy (non-hydrogen) atoms. The van der Waals surface area contributed by atoms with Gasteiger partial charge in [-0.1, -0.05) is 32.4 Å². The van der Waals surface area contributed by atoms with Gasteiger partial charge in [-0.3, -0.25) is 0 Å². The van der Waals surface area contributed by atoms with Gasteiger partial charge in [-0.2, -0.15) is 4.98 Å². The Hall–Kier alpha value is -2.17. The van der Waals surface area contributed by atoms with Gasteiger partial charge in [0.15, 0.2) is 0 Å². The Labute approximate surface area is 130 Å². The lowest BCUT2D eigenvalue weighted by molar-refractivity contribution is 0.296. The van der Waals surface area contributed by atoms with Gasteiger partial charge in [0.2, 0.25) is 5.88 Å². The lowest BCUT2D eigenvalue weighted by atomic mass is 10.2. The largest absolute Gasteiger partial charge is 0.478 e. The van der Waals surface area contributed by atoms with Crippen LogP contribution in [-0.2, 0) is 13.0 Å². The van der Waals surface area contributed by atoms with Crippen LogP contribution in [0.4, 0.5) is 10.2 Å². The van der Waals surface area contributed by atoms with E-state index in [1.807, 2.05) is 6.92 Å². The van der Waals surface area contributed by atoms with Crippen LogP contribution in [0.2, 0.25) is 0 Å². The van der Waals surface area contributed by atoms with Crippen molar-refractivity contribution in [3.63, 3.8) is 0 Å². The number of nitrogens with zero attached hydrogens (tertiary/aromatic N) is 2. The molecule has 0 saturated carbocycles. The van der Waals surface area contributed by atoms with Gasteiger partial charge >= 0.3 is 0 Å². The van der Waals surface area contributed by atoms with Gasteiger partial charge in [-0.05, 0) is 24.1 Å². The second kappa shape index (κ2) is 8.32. The maximum absolute atomic E-state index is 12.9. The van der Waals surface area contributed by atoms with Crippen molar-refractivity contribution in [1.82, 2.24) is 9.97 Å². The first-order valence-electron chi connectivity index (χ1n) is 7.70. The molecule has 1 N–H and O–H groups in total. The van der Waals surface area contributed by atoms with Crippen molar-refractivity contribution in [3.05, 3.63) is 47.5 Å². The van der Waals surface area contributed by atoms with Gasteiger partial charge in [0.1, 0.15) is 17.5 Å². The van der Waals surface area contributed by atoms with Gasteiger partial charge in [-0.25, -0.2) is 9.37 Å². The van der Waals surface area contributed by atoms with Crippen LogP contribution in [0.1, 0.15) is 38.1 Å². The SMILES string of the molecule is CCCCOc1cc(NCc2ccc(F)cc2)nc(CC)n1. The van der Waals surface area contributed by atoms with Gasteiger partial charge in [-0.15, -0.1) is 0 Å². The second-order valence-electron chi connectivity index (χ2n) is 5.04. The van der Waals surface area contributed by atoms with E-state index in [0.29, 0.717) is 19.0 Å². The minimum atomic E-state index is -0.231. The molecule has 0 atom stereocenters. The molecule has 0 bridgehead atoms. The van der Waals surface area contributed by atoms with E-state index in [0.717, 1.165) is 36.5 Å². The average Bonchev–Trinajstić information content (AvgIpc) is 2.54. The Morgan fingerprint density at radius 1 is 1.14 bits per heavy atom. The summed E-state index contributed by atoms with van der Waals surface area (Å²) >= 11 is 0. The van der Waals surface area contributed by atoms with E-state index in [1.54, 1.807) is 18.2 Å². The number of anilines is 1. The highest BCUT2D eigenvalue weighted by Gasteiger charge is 2.05. The van der Waals surface area contributed by atoms with Crippen molar-refractivity contribution >= 4 is 5.82 Å². The van der Waals surface area contributed by atoms with Crippen LogP contribution in [-0.4, -0.2) is 16.6 Å². The van der Waals surface area contributed by atoms with E-state index in [9.17, 15) is 4.39 Å². The van der Waals surface area contributed by atoms with Crippen LogP contribution in [0.15, 0.2) is 30.3 Å². The van der Waals surface area contributed by atoms with Crippen LogP contribution >= 0.6 is 0 Å². The number of aromatic nitrogens is 2. The molecule has 2 rings (SSSR count). The molecular weight excluding hydrogens is 281 g/mol. The monoisotopic (exact) mass is 303 g/mol. The number of hydrogen-bond acceptors (Lipinski definition) is 4. The third-order valence-electron chi connectivity index (χ3n) is 3.20. The number of benzene rings is 1. The Morgan fingerprint density at radius 3 is 2.59 bits per heavy atom. The highest BCUT2D eigenvalue weighted by Crippen LogP contribution is 2.15. The zero-order chi connectivity index (χ0) is 15.8. The molecule has 0 saturated heterocycles. The summed E-state index contributed by atoms with van der Waals surface area (Å²) in [4.78, 5) is 8.80. The Morgan fingerprint density at radius 2 is 1.91 bits per heavy atom. The van der Waals surface area contributed by atoms with Crippen LogP contribution in [0.3, 0.4) is 0 Å². The van der Waals surface area contributed by atoms with E-state index in [-0.39, 0.29) is 5.82 Å². The van der Waals surface area contributed by atoms with E-state index in [2.05, 4.69) is 22.2 Å². The molecule has 0 aliphatic carbocycles. The van der Waals surface area contributed by atoms with Crippen molar-refractivity contribution in [1.29, 1.82) is 0 Å². The minimum absolute atomic E-state index is 0.231. The number of aryl methyl sites for hydroxylation is 1. The standard InChI is InChI=1S/C17H22FN3O/c1-3-5-10-22-17-11-16(20-15(4-2)21-17)19-12-13-6-8-14(18)9-7-13/h6-9,11H,3-5,10,12H2,1-2H3,(H,19,20,21). The van der Waals surface area contributed by atoms with E-state index in [1.165, 1.54) is 12.1 Å². The zero-order valence-electron chi connectivity index (χ0n) is 13.1. The third-order valence-corrected chi connectivity index (χ3v) is 3.20. The van der Waals surface area contributed by atoms with Crippen molar-refractivity contribution in [2.24, 2.45) is 0 Å². The summed E-state index contributed by atoms with van der Waals surface area (Å²) in [6.07, 6.45) is 2.83. The quantitative estimate of drug-likeness (QED) is 0.750. The molecule has 0 fully saturated rings. The molecule has 4 nitrogen and oxygen atoms in total. The van der Waals surface area contributed by atoms with Gasteiger partial charge in [0.05, 0.1) is 6.61 Å². The number of hydrogen-bond donors (Lipinski definition) is 1. The summed E-state index contributed by atoms with van der Waals surface area (Å²) in [6.45, 7) is 5.37. The summed E-state index contributed by atoms with van der Waals surface area (Å²) in [5.41, 5.74) is 0.992. The maximum Gasteiger partial charge on any atom is 0.218 e. The summed E-state index contributed by atoms with van der Waals surface area (Å²) in [7, 11) is 0. The summed E-state index contributed by atoms with van der Waals surface area (Å²) in [5, 5.41) is 3.23. The fraction of sp³-hybridized carbons (Fsp3) is 0.412. The van der Waals surface area contributed by atoms with Gasteiger partial charge in [0.25, 0.3) is 0 Å². The van der Waals surface area contributed by atoms with Crippen LogP contribution < -0.4 is 10.1 Å². The molecule has 2 aromatic rings. The molecule has 0 aliphatic heterocycles. The van der Waals surface area contributed by atoms with Gasteiger partial charge < -0.3 is 10.1 Å². The molecule has 0 amide bonds. The summed E-state index contributed by atoms with van der Waals surface area (Å²) < 4.78 is 18.5. The highest BCUT2D eigenvalue weighted by atomic mass is 19.1.